The first kappa shape index (κ1) is 15.5. The van der Waals surface area contributed by atoms with Gasteiger partial charge in [0.05, 0.1) is 5.56 Å². The minimum Gasteiger partial charge on any atom is -0.477 e. The van der Waals surface area contributed by atoms with E-state index < -0.39 is 17.9 Å². The summed E-state index contributed by atoms with van der Waals surface area (Å²) in [5.41, 5.74) is 11.9. The van der Waals surface area contributed by atoms with Gasteiger partial charge in [0, 0.05) is 23.5 Å². The second-order valence-corrected chi connectivity index (χ2v) is 6.42. The minimum absolute atomic E-state index is 0.00641. The number of carbonyl (C=O) groups is 3. The topological polar surface area (TPSA) is 131 Å². The predicted octanol–water partition coefficient (Wildman–Crippen LogP) is -1.35. The summed E-state index contributed by atoms with van der Waals surface area (Å²) < 4.78 is 1.73. The molecule has 2 aliphatic heterocycles. The third kappa shape index (κ3) is 2.57. The molecule has 2 aliphatic rings. The molecule has 0 saturated carbocycles. The number of carboxylic acids is 1. The maximum Gasteiger partial charge on any atom is 0.352 e. The first-order valence-electron chi connectivity index (χ1n) is 6.84. The van der Waals surface area contributed by atoms with E-state index in [4.69, 9.17) is 11.5 Å². The van der Waals surface area contributed by atoms with Crippen molar-refractivity contribution in [3.05, 3.63) is 41.4 Å². The molecule has 8 nitrogen and oxygen atoms in total. The van der Waals surface area contributed by atoms with E-state index in [1.54, 1.807) is 29.1 Å². The Kier molecular flexibility index (Phi) is 3.82. The summed E-state index contributed by atoms with van der Waals surface area (Å²) in [5, 5.41) is 9.15. The van der Waals surface area contributed by atoms with Crippen LogP contribution in [0.2, 0.25) is 0 Å². The number of fused-ring (bicyclic) bond motifs is 1. The van der Waals surface area contributed by atoms with Crippen molar-refractivity contribution in [1.29, 1.82) is 0 Å². The van der Waals surface area contributed by atoms with E-state index in [2.05, 4.69) is 0 Å². The number of aromatic nitrogens is 1. The minimum atomic E-state index is -1.14. The number of aliphatic carboxylic acids is 1. The maximum atomic E-state index is 11.9. The van der Waals surface area contributed by atoms with Gasteiger partial charge < -0.3 is 16.6 Å². The van der Waals surface area contributed by atoms with Gasteiger partial charge in [0.2, 0.25) is 11.8 Å². The number of β-lactam (4-membered cyclic amide) rings is 1. The molecule has 2 atom stereocenters. The number of thioether (sulfide) groups is 1. The smallest absolute Gasteiger partial charge is 0.352 e. The van der Waals surface area contributed by atoms with E-state index in [0.717, 1.165) is 0 Å². The number of hydrogen-bond acceptors (Lipinski definition) is 5. The number of hydrogen-bond donors (Lipinski definition) is 3. The van der Waals surface area contributed by atoms with Crippen LogP contribution in [-0.4, -0.2) is 45.0 Å². The summed E-state index contributed by atoms with van der Waals surface area (Å²) in [5.74, 6) is -1.56. The van der Waals surface area contributed by atoms with Crippen molar-refractivity contribution >= 4 is 29.5 Å². The summed E-state index contributed by atoms with van der Waals surface area (Å²) in [4.78, 5) is 35.8. The number of rotatable bonds is 4. The van der Waals surface area contributed by atoms with E-state index >= 15 is 0 Å². The lowest BCUT2D eigenvalue weighted by atomic mass is 10.0. The highest BCUT2D eigenvalue weighted by Crippen LogP contribution is 2.39. The van der Waals surface area contributed by atoms with Crippen molar-refractivity contribution in [3.63, 3.8) is 0 Å². The Labute approximate surface area is 135 Å². The van der Waals surface area contributed by atoms with Gasteiger partial charge in [-0.2, -0.15) is 0 Å². The van der Waals surface area contributed by atoms with E-state index in [1.165, 1.54) is 16.7 Å². The molecule has 1 aromatic rings. The number of amides is 2. The van der Waals surface area contributed by atoms with Crippen LogP contribution >= 0.6 is 11.8 Å². The second-order valence-electron chi connectivity index (χ2n) is 5.32. The molecule has 2 amide bonds. The molecule has 23 heavy (non-hydrogen) atoms. The summed E-state index contributed by atoms with van der Waals surface area (Å²) in [6, 6.07) is 2.48. The van der Waals surface area contributed by atoms with Gasteiger partial charge in [-0.1, -0.05) is 0 Å². The third-order valence-electron chi connectivity index (χ3n) is 3.84. The number of pyridine rings is 1. The molecule has 1 saturated heterocycles. The monoisotopic (exact) mass is 335 g/mol. The van der Waals surface area contributed by atoms with Crippen molar-refractivity contribution < 1.29 is 24.1 Å². The van der Waals surface area contributed by atoms with E-state index in [-0.39, 0.29) is 17.0 Å². The quantitative estimate of drug-likeness (QED) is 0.461. The van der Waals surface area contributed by atoms with Crippen LogP contribution in [0, 0.1) is 0 Å². The molecule has 3 rings (SSSR count). The molecular weight excluding hydrogens is 320 g/mol. The molecule has 0 aliphatic carbocycles. The van der Waals surface area contributed by atoms with Crippen LogP contribution in [-0.2, 0) is 16.1 Å². The highest BCUT2D eigenvalue weighted by Gasteiger charge is 2.52. The zero-order valence-corrected chi connectivity index (χ0v) is 12.8. The van der Waals surface area contributed by atoms with Gasteiger partial charge in [-0.3, -0.25) is 14.5 Å². The van der Waals surface area contributed by atoms with Crippen LogP contribution < -0.4 is 16.0 Å². The molecule has 120 valence electrons. The fourth-order valence-electron chi connectivity index (χ4n) is 2.65. The predicted molar refractivity (Wildman–Crippen MR) is 80.9 cm³/mol. The maximum absolute atomic E-state index is 11.9. The van der Waals surface area contributed by atoms with Crippen LogP contribution in [0.25, 0.3) is 0 Å². The third-order valence-corrected chi connectivity index (χ3v) is 5.20. The fourth-order valence-corrected chi connectivity index (χ4v) is 3.93. The summed E-state index contributed by atoms with van der Waals surface area (Å²) in [6.07, 6.45) is 3.29. The Bertz CT molecular complexity index is 731. The van der Waals surface area contributed by atoms with Crippen molar-refractivity contribution in [2.24, 2.45) is 11.5 Å². The molecule has 5 N–H and O–H groups in total. The zero-order valence-electron chi connectivity index (χ0n) is 12.0. The van der Waals surface area contributed by atoms with Crippen molar-refractivity contribution in [2.45, 2.75) is 18.0 Å². The van der Waals surface area contributed by atoms with Crippen LogP contribution in [0.3, 0.4) is 0 Å². The summed E-state index contributed by atoms with van der Waals surface area (Å²) >= 11 is 1.45. The lowest BCUT2D eigenvalue weighted by Gasteiger charge is -2.47. The lowest BCUT2D eigenvalue weighted by Crippen LogP contribution is -2.68. The van der Waals surface area contributed by atoms with Crippen LogP contribution in [0.15, 0.2) is 35.8 Å². The van der Waals surface area contributed by atoms with Gasteiger partial charge in [-0.25, -0.2) is 9.36 Å². The number of nitrogens with two attached hydrogens (primary N) is 2. The molecule has 0 radical (unpaired) electrons. The fraction of sp³-hybridized carbons (Fsp3) is 0.286. The van der Waals surface area contributed by atoms with Crippen molar-refractivity contribution in [3.8, 4) is 0 Å². The van der Waals surface area contributed by atoms with Gasteiger partial charge >= 0.3 is 5.97 Å². The second kappa shape index (κ2) is 5.67. The van der Waals surface area contributed by atoms with Gasteiger partial charge in [-0.15, -0.1) is 11.8 Å². The largest absolute Gasteiger partial charge is 0.477 e. The Morgan fingerprint density at radius 3 is 2.61 bits per heavy atom. The van der Waals surface area contributed by atoms with Crippen LogP contribution in [0.5, 0.6) is 0 Å². The molecular formula is C14H15N4O4S+. The Balaban J connectivity index is 1.89. The first-order chi connectivity index (χ1) is 10.9. The Morgan fingerprint density at radius 2 is 2.04 bits per heavy atom. The van der Waals surface area contributed by atoms with E-state index in [9.17, 15) is 19.5 Å². The standard InChI is InChI=1S/C14H14N4O4S/c15-9-12(20)18-10(14(21)22)8(6-23-13(9)18)5-17-3-1-7(2-4-17)11(16)19/h1-4,9,13H,5-6,15H2,(H2-,16,19,21,22)/p+1. The average molecular weight is 335 g/mol. The summed E-state index contributed by atoms with van der Waals surface area (Å²) in [7, 11) is 0. The molecule has 3 heterocycles. The first-order valence-corrected chi connectivity index (χ1v) is 7.89. The SMILES string of the molecule is NC(=O)c1cc[n+](CC2=C(C(=O)O)N3C(=O)C(N)C3SC2)cc1. The Hall–Kier alpha value is -2.39. The number of carbonyl (C=O) groups excluding carboxylic acids is 2. The molecule has 1 fully saturated rings. The van der Waals surface area contributed by atoms with E-state index in [1.807, 2.05) is 0 Å². The van der Waals surface area contributed by atoms with Gasteiger partial charge in [0.25, 0.3) is 0 Å². The molecule has 9 heteroatoms. The van der Waals surface area contributed by atoms with Gasteiger partial charge in [0.1, 0.15) is 17.1 Å². The lowest BCUT2D eigenvalue weighted by molar-refractivity contribution is -0.689. The normalized spacial score (nSPS) is 23.3. The zero-order chi connectivity index (χ0) is 16.7. The van der Waals surface area contributed by atoms with Crippen molar-refractivity contribution in [1.82, 2.24) is 4.90 Å². The van der Waals surface area contributed by atoms with Crippen LogP contribution in [0.4, 0.5) is 0 Å². The van der Waals surface area contributed by atoms with Gasteiger partial charge in [-0.05, 0) is 0 Å². The molecule has 1 aromatic heterocycles. The number of carboxylic acid groups (broad SMARTS) is 1. The summed E-state index contributed by atoms with van der Waals surface area (Å²) in [6.45, 7) is 0.305. The number of primary amides is 1. The van der Waals surface area contributed by atoms with Crippen molar-refractivity contribution in [2.75, 3.05) is 5.75 Å². The van der Waals surface area contributed by atoms with E-state index in [0.29, 0.717) is 23.4 Å². The molecule has 0 spiro atoms. The average Bonchev–Trinajstić information content (AvgIpc) is 2.53. The molecule has 0 aromatic carbocycles. The highest BCUT2D eigenvalue weighted by molar-refractivity contribution is 8.00. The van der Waals surface area contributed by atoms with Gasteiger partial charge in [0.15, 0.2) is 18.9 Å². The Morgan fingerprint density at radius 1 is 1.39 bits per heavy atom. The molecule has 0 bridgehead atoms. The highest BCUT2D eigenvalue weighted by atomic mass is 32.2. The number of nitrogens with zero attached hydrogens (tertiary/aromatic N) is 2. The van der Waals surface area contributed by atoms with Crippen LogP contribution in [0.1, 0.15) is 10.4 Å². The molecule has 2 unspecified atom stereocenters.